The summed E-state index contributed by atoms with van der Waals surface area (Å²) in [5.74, 6) is -4.62. The Labute approximate surface area is 278 Å². The summed E-state index contributed by atoms with van der Waals surface area (Å²) in [7, 11) is 1.44. The maximum atomic E-state index is 14.5. The normalized spacial score (nSPS) is 26.8. The van der Waals surface area contributed by atoms with Gasteiger partial charge in [0.2, 0.25) is 11.8 Å². The molecule has 1 aromatic rings. The van der Waals surface area contributed by atoms with E-state index in [2.05, 4.69) is 27.8 Å². The molecule has 1 aromatic carbocycles. The van der Waals surface area contributed by atoms with Gasteiger partial charge in [0.15, 0.2) is 11.5 Å². The molecule has 256 valence electrons. The third-order valence-electron chi connectivity index (χ3n) is 8.49. The van der Waals surface area contributed by atoms with Gasteiger partial charge in [0.25, 0.3) is 17.7 Å². The van der Waals surface area contributed by atoms with Crippen molar-refractivity contribution < 1.29 is 38.9 Å². The van der Waals surface area contributed by atoms with E-state index in [-0.39, 0.29) is 40.6 Å². The van der Waals surface area contributed by atoms with E-state index >= 15 is 0 Å². The number of phenols is 1. The second-order valence-corrected chi connectivity index (χ2v) is 12.2. The number of rotatable bonds is 8. The zero-order valence-electron chi connectivity index (χ0n) is 27.3. The Morgan fingerprint density at radius 1 is 1.19 bits per heavy atom. The number of nitrogens with zero attached hydrogens (tertiary/aromatic N) is 1. The van der Waals surface area contributed by atoms with Crippen LogP contribution >= 0.6 is 11.6 Å². The summed E-state index contributed by atoms with van der Waals surface area (Å²) in [6, 6.07) is -2.79. The minimum absolute atomic E-state index is 0.0330. The number of ether oxygens (including phenoxy) is 1. The number of hydrogen-bond donors (Lipinski definition) is 7. The Balaban J connectivity index is 2.16. The summed E-state index contributed by atoms with van der Waals surface area (Å²) in [6.45, 7) is 11.9. The van der Waals surface area contributed by atoms with Crippen molar-refractivity contribution in [1.29, 1.82) is 0 Å². The number of phenolic OH excluding ortho intramolecular Hbond substituents is 1. The van der Waals surface area contributed by atoms with Gasteiger partial charge in [-0.15, -0.1) is 0 Å². The number of nitrogens with two attached hydrogens (primary N) is 1. The molecule has 14 nitrogen and oxygen atoms in total. The van der Waals surface area contributed by atoms with Crippen LogP contribution in [0.4, 0.5) is 0 Å². The van der Waals surface area contributed by atoms with Crippen molar-refractivity contribution in [3.8, 4) is 11.5 Å². The molecule has 2 heterocycles. The molecule has 0 radical (unpaired) electrons. The van der Waals surface area contributed by atoms with E-state index in [1.807, 2.05) is 0 Å². The van der Waals surface area contributed by atoms with Crippen molar-refractivity contribution in [3.05, 3.63) is 58.3 Å². The van der Waals surface area contributed by atoms with Gasteiger partial charge in [0, 0.05) is 6.54 Å². The van der Waals surface area contributed by atoms with Gasteiger partial charge in [-0.2, -0.15) is 0 Å². The van der Waals surface area contributed by atoms with E-state index < -0.39 is 71.2 Å². The Morgan fingerprint density at radius 3 is 2.40 bits per heavy atom. The first-order valence-electron chi connectivity index (χ1n) is 15.1. The van der Waals surface area contributed by atoms with Crippen LogP contribution < -0.4 is 31.7 Å². The molecule has 5 amide bonds. The first kappa shape index (κ1) is 37.1. The summed E-state index contributed by atoms with van der Waals surface area (Å²) in [5.41, 5.74) is 4.66. The number of benzene rings is 1. The lowest BCUT2D eigenvalue weighted by molar-refractivity contribution is -0.146. The lowest BCUT2D eigenvalue weighted by Gasteiger charge is -2.40. The van der Waals surface area contributed by atoms with E-state index in [4.69, 9.17) is 22.1 Å². The van der Waals surface area contributed by atoms with E-state index in [1.54, 1.807) is 26.8 Å². The SMILES string of the molecule is C=C(C)C1NC(=O)C(NC)[C@H](O)c2cc(Cl)c(O)c(c2)O[C@@](C)(CC)[C@H](C(=O)N2CC=C[C@@H]2C(=O)N/C(C(N)=O)=C(\C)CC)NC1=O. The number of aliphatic hydroxyl groups excluding tert-OH is 1. The highest BCUT2D eigenvalue weighted by Crippen LogP contribution is 2.41. The van der Waals surface area contributed by atoms with Gasteiger partial charge in [-0.3, -0.25) is 24.0 Å². The number of amides is 5. The van der Waals surface area contributed by atoms with E-state index in [1.165, 1.54) is 44.0 Å². The average molecular weight is 675 g/mol. The molecular formula is C32H43ClN6O8. The smallest absolute Gasteiger partial charge is 0.265 e. The van der Waals surface area contributed by atoms with Gasteiger partial charge in [-0.1, -0.05) is 44.2 Å². The number of allylic oxidation sites excluding steroid dienone is 1. The lowest BCUT2D eigenvalue weighted by atomic mass is 9.90. The molecule has 2 aliphatic heterocycles. The topological polar surface area (TPSA) is 212 Å². The second-order valence-electron chi connectivity index (χ2n) is 11.8. The van der Waals surface area contributed by atoms with Crippen LogP contribution in [0.1, 0.15) is 59.1 Å². The standard InChI is InChI=1S/C32H43ClN6O8/c1-8-16(5)22(27(34)42)37-28(43)19-11-10-12-39(19)31(46)26-32(6,9-2)47-20-14-17(13-18(33)25(20)41)24(40)23(35-7)30(45)36-21(15(3)4)29(44)38-26/h10-11,13-14,19,21,23-24,26,35,40-41H,3,8-9,12H2,1-2,4-7H3,(H2,34,42)(H,36,45)(H,37,43)(H,38,44)/b22-16+/t19-,21?,23?,24-,26+,32+/m1/s1. The van der Waals surface area contributed by atoms with Crippen molar-refractivity contribution in [3.63, 3.8) is 0 Å². The summed E-state index contributed by atoms with van der Waals surface area (Å²) in [4.78, 5) is 68.4. The predicted molar refractivity (Wildman–Crippen MR) is 174 cm³/mol. The molecular weight excluding hydrogens is 632 g/mol. The highest BCUT2D eigenvalue weighted by Gasteiger charge is 2.47. The lowest BCUT2D eigenvalue weighted by Crippen LogP contribution is -2.65. The fourth-order valence-electron chi connectivity index (χ4n) is 5.29. The number of halogens is 1. The van der Waals surface area contributed by atoms with Crippen LogP contribution in [0.2, 0.25) is 5.02 Å². The van der Waals surface area contributed by atoms with Gasteiger partial charge in [-0.25, -0.2) is 0 Å². The van der Waals surface area contributed by atoms with Crippen LogP contribution in [0.5, 0.6) is 11.5 Å². The maximum Gasteiger partial charge on any atom is 0.265 e. The van der Waals surface area contributed by atoms with Crippen LogP contribution in [-0.2, 0) is 24.0 Å². The van der Waals surface area contributed by atoms with E-state index in [0.717, 1.165) is 0 Å². The molecule has 0 fully saturated rings. The maximum absolute atomic E-state index is 14.5. The number of nitrogens with one attached hydrogen (secondary N) is 4. The summed E-state index contributed by atoms with van der Waals surface area (Å²) in [6.07, 6.45) is 2.06. The fraction of sp³-hybridized carbons (Fsp3) is 0.469. The van der Waals surface area contributed by atoms with Gasteiger partial charge < -0.3 is 46.9 Å². The molecule has 0 aromatic heterocycles. The van der Waals surface area contributed by atoms with Crippen LogP contribution in [0.25, 0.3) is 0 Å². The third kappa shape index (κ3) is 7.77. The molecule has 2 bridgehead atoms. The molecule has 3 rings (SSSR count). The van der Waals surface area contributed by atoms with Crippen LogP contribution in [-0.4, -0.2) is 88.0 Å². The number of likely N-dealkylation sites (N-methyl/N-ethyl adjacent to an activating group) is 1. The van der Waals surface area contributed by atoms with Gasteiger partial charge in [0.05, 0.1) is 5.02 Å². The predicted octanol–water partition coefficient (Wildman–Crippen LogP) is 0.826. The quantitative estimate of drug-likeness (QED) is 0.153. The van der Waals surface area contributed by atoms with E-state index in [0.29, 0.717) is 12.0 Å². The molecule has 0 spiro atoms. The van der Waals surface area contributed by atoms with Crippen LogP contribution in [0.3, 0.4) is 0 Å². The van der Waals surface area contributed by atoms with Crippen molar-refractivity contribution in [2.75, 3.05) is 13.6 Å². The Morgan fingerprint density at radius 2 is 1.85 bits per heavy atom. The molecule has 2 unspecified atom stereocenters. The molecule has 0 saturated carbocycles. The van der Waals surface area contributed by atoms with Crippen molar-refractivity contribution in [2.45, 2.75) is 83.3 Å². The van der Waals surface area contributed by atoms with Crippen LogP contribution in [0, 0.1) is 0 Å². The van der Waals surface area contributed by atoms with Crippen LogP contribution in [0.15, 0.2) is 47.7 Å². The van der Waals surface area contributed by atoms with Crippen molar-refractivity contribution >= 4 is 41.1 Å². The minimum Gasteiger partial charge on any atom is -0.503 e. The van der Waals surface area contributed by atoms with E-state index in [9.17, 15) is 34.2 Å². The summed E-state index contributed by atoms with van der Waals surface area (Å²) >= 11 is 6.32. The highest BCUT2D eigenvalue weighted by molar-refractivity contribution is 6.32. The molecule has 6 atom stereocenters. The zero-order chi connectivity index (χ0) is 35.4. The second kappa shape index (κ2) is 15.0. The Bertz CT molecular complexity index is 1530. The number of fused-ring (bicyclic) bond motifs is 2. The largest absolute Gasteiger partial charge is 0.503 e. The number of aliphatic hydroxyl groups is 1. The summed E-state index contributed by atoms with van der Waals surface area (Å²) in [5, 5.41) is 32.4. The minimum atomic E-state index is -1.61. The number of carbonyl (C=O) groups excluding carboxylic acids is 5. The van der Waals surface area contributed by atoms with Gasteiger partial charge in [0.1, 0.15) is 41.6 Å². The number of aromatic hydroxyl groups is 1. The molecule has 0 saturated heterocycles. The molecule has 47 heavy (non-hydrogen) atoms. The number of carbonyl (C=O) groups is 5. The first-order chi connectivity index (χ1) is 22.0. The molecule has 0 aliphatic carbocycles. The first-order valence-corrected chi connectivity index (χ1v) is 15.5. The molecule has 8 N–H and O–H groups in total. The molecule has 2 aliphatic rings. The number of hydrogen-bond acceptors (Lipinski definition) is 9. The van der Waals surface area contributed by atoms with Crippen molar-refractivity contribution in [2.24, 2.45) is 5.73 Å². The zero-order valence-corrected chi connectivity index (χ0v) is 28.0. The summed E-state index contributed by atoms with van der Waals surface area (Å²) < 4.78 is 6.29. The monoisotopic (exact) mass is 674 g/mol. The Hall–Kier alpha value is -4.40. The van der Waals surface area contributed by atoms with Crippen molar-refractivity contribution in [1.82, 2.24) is 26.2 Å². The van der Waals surface area contributed by atoms with Gasteiger partial charge in [-0.05, 0) is 69.5 Å². The Kier molecular flexibility index (Phi) is 11.8. The molecule has 15 heteroatoms. The average Bonchev–Trinajstić information content (AvgIpc) is 3.52. The third-order valence-corrected chi connectivity index (χ3v) is 8.78. The fourth-order valence-corrected chi connectivity index (χ4v) is 5.51. The number of primary amides is 1. The highest BCUT2D eigenvalue weighted by atomic mass is 35.5. The van der Waals surface area contributed by atoms with Gasteiger partial charge >= 0.3 is 0 Å².